The molecule has 3 rings (SSSR count). The molecule has 1 aromatic heterocycles. The molecule has 1 aromatic rings. The van der Waals surface area contributed by atoms with Crippen molar-refractivity contribution in [1.29, 1.82) is 0 Å². The van der Waals surface area contributed by atoms with Gasteiger partial charge < -0.3 is 19.7 Å². The highest BCUT2D eigenvalue weighted by atomic mass is 16.5. The summed E-state index contributed by atoms with van der Waals surface area (Å²) in [5.41, 5.74) is 1.04. The zero-order valence-corrected chi connectivity index (χ0v) is 12.9. The topological polar surface area (TPSA) is 46.6 Å². The van der Waals surface area contributed by atoms with Gasteiger partial charge in [-0.2, -0.15) is 0 Å². The van der Waals surface area contributed by atoms with E-state index < -0.39 is 0 Å². The van der Waals surface area contributed by atoms with Crippen LogP contribution in [-0.4, -0.2) is 54.9 Å². The third-order valence-corrected chi connectivity index (χ3v) is 4.42. The minimum atomic E-state index is 0.264. The summed E-state index contributed by atoms with van der Waals surface area (Å²) in [4.78, 5) is 6.76. The Morgan fingerprint density at radius 2 is 2.10 bits per heavy atom. The molecule has 2 atom stereocenters. The first-order valence-electron chi connectivity index (χ1n) is 7.90. The van der Waals surface area contributed by atoms with Crippen molar-refractivity contribution >= 4 is 5.69 Å². The molecule has 3 heterocycles. The predicted molar refractivity (Wildman–Crippen MR) is 82.8 cm³/mol. The second kappa shape index (κ2) is 6.62. The Kier molecular flexibility index (Phi) is 4.60. The smallest absolute Gasteiger partial charge is 0.213 e. The molecule has 2 aliphatic heterocycles. The quantitative estimate of drug-likeness (QED) is 0.921. The van der Waals surface area contributed by atoms with Gasteiger partial charge in [-0.1, -0.05) is 0 Å². The fraction of sp³-hybridized carbons (Fsp3) is 0.688. The number of ether oxygens (including phenoxy) is 2. The molecule has 0 aliphatic carbocycles. The van der Waals surface area contributed by atoms with Crippen LogP contribution < -0.4 is 10.1 Å². The lowest BCUT2D eigenvalue weighted by Gasteiger charge is -2.28. The van der Waals surface area contributed by atoms with Crippen LogP contribution >= 0.6 is 0 Å². The first-order chi connectivity index (χ1) is 10.2. The largest absolute Gasteiger partial charge is 0.474 e. The average molecular weight is 291 g/mol. The van der Waals surface area contributed by atoms with E-state index in [-0.39, 0.29) is 6.10 Å². The van der Waals surface area contributed by atoms with Crippen molar-refractivity contribution in [2.75, 3.05) is 32.1 Å². The van der Waals surface area contributed by atoms with Gasteiger partial charge in [0.2, 0.25) is 5.88 Å². The Labute approximate surface area is 126 Å². The molecule has 0 aromatic carbocycles. The normalized spacial score (nSPS) is 27.7. The van der Waals surface area contributed by atoms with Gasteiger partial charge in [0.15, 0.2) is 0 Å². The number of aromatic nitrogens is 1. The Hall–Kier alpha value is -1.33. The van der Waals surface area contributed by atoms with Crippen molar-refractivity contribution in [2.24, 2.45) is 0 Å². The number of hydrogen-bond acceptors (Lipinski definition) is 5. The summed E-state index contributed by atoms with van der Waals surface area (Å²) in [7, 11) is 2.16. The maximum absolute atomic E-state index is 5.96. The van der Waals surface area contributed by atoms with Gasteiger partial charge in [-0.15, -0.1) is 0 Å². The Morgan fingerprint density at radius 1 is 1.29 bits per heavy atom. The van der Waals surface area contributed by atoms with Crippen LogP contribution in [0.1, 0.15) is 26.2 Å². The molecule has 116 valence electrons. The van der Waals surface area contributed by atoms with Crippen molar-refractivity contribution in [3.63, 3.8) is 0 Å². The van der Waals surface area contributed by atoms with E-state index >= 15 is 0 Å². The molecule has 2 saturated heterocycles. The van der Waals surface area contributed by atoms with E-state index in [1.54, 1.807) is 0 Å². The van der Waals surface area contributed by atoms with E-state index in [0.29, 0.717) is 12.1 Å². The highest BCUT2D eigenvalue weighted by Crippen LogP contribution is 2.21. The number of rotatable bonds is 4. The number of hydrogen-bond donors (Lipinski definition) is 1. The third kappa shape index (κ3) is 3.86. The molecule has 0 spiro atoms. The van der Waals surface area contributed by atoms with Crippen molar-refractivity contribution in [3.05, 3.63) is 18.3 Å². The molecule has 0 amide bonds. The summed E-state index contributed by atoms with van der Waals surface area (Å²) in [6.07, 6.45) is 5.63. The van der Waals surface area contributed by atoms with E-state index in [4.69, 9.17) is 9.47 Å². The number of likely N-dealkylation sites (tertiary alicyclic amines) is 1. The lowest BCUT2D eigenvalue weighted by atomic mass is 10.1. The number of piperidine rings is 1. The molecule has 1 N–H and O–H groups in total. The summed E-state index contributed by atoms with van der Waals surface area (Å²) >= 11 is 0. The lowest BCUT2D eigenvalue weighted by Crippen LogP contribution is -2.35. The van der Waals surface area contributed by atoms with Gasteiger partial charge in [0.05, 0.1) is 24.0 Å². The number of nitrogens with one attached hydrogen (secondary N) is 1. The van der Waals surface area contributed by atoms with Crippen LogP contribution in [0.3, 0.4) is 0 Å². The summed E-state index contributed by atoms with van der Waals surface area (Å²) in [6.45, 7) is 5.15. The van der Waals surface area contributed by atoms with Gasteiger partial charge in [-0.25, -0.2) is 4.98 Å². The monoisotopic (exact) mass is 291 g/mol. The molecule has 5 heteroatoms. The Balaban J connectivity index is 1.52. The minimum absolute atomic E-state index is 0.264. The van der Waals surface area contributed by atoms with Gasteiger partial charge in [0.1, 0.15) is 6.10 Å². The first kappa shape index (κ1) is 14.6. The molecular formula is C16H25N3O2. The SMILES string of the molecule is C[C@@H]1OCC[C@@H]1Nc1ccc(OC2CCN(C)CC2)nc1. The van der Waals surface area contributed by atoms with Gasteiger partial charge in [-0.05, 0) is 39.3 Å². The summed E-state index contributed by atoms with van der Waals surface area (Å²) < 4.78 is 11.5. The first-order valence-corrected chi connectivity index (χ1v) is 7.90. The third-order valence-electron chi connectivity index (χ3n) is 4.42. The fourth-order valence-electron chi connectivity index (χ4n) is 2.94. The molecule has 0 radical (unpaired) electrons. The van der Waals surface area contributed by atoms with Crippen molar-refractivity contribution in [2.45, 2.75) is 44.4 Å². The van der Waals surface area contributed by atoms with Crippen LogP contribution in [0.25, 0.3) is 0 Å². The Bertz CT molecular complexity index is 443. The predicted octanol–water partition coefficient (Wildman–Crippen LogP) is 2.14. The van der Waals surface area contributed by atoms with Crippen LogP contribution in [0, 0.1) is 0 Å². The van der Waals surface area contributed by atoms with Crippen molar-refractivity contribution in [1.82, 2.24) is 9.88 Å². The van der Waals surface area contributed by atoms with Crippen molar-refractivity contribution < 1.29 is 9.47 Å². The lowest BCUT2D eigenvalue weighted by molar-refractivity contribution is 0.110. The van der Waals surface area contributed by atoms with Gasteiger partial charge >= 0.3 is 0 Å². The molecule has 21 heavy (non-hydrogen) atoms. The highest BCUT2D eigenvalue weighted by Gasteiger charge is 2.24. The van der Waals surface area contributed by atoms with Gasteiger partial charge in [0.25, 0.3) is 0 Å². The number of pyridine rings is 1. The Morgan fingerprint density at radius 3 is 2.71 bits per heavy atom. The van der Waals surface area contributed by atoms with E-state index in [0.717, 1.165) is 50.5 Å². The fourth-order valence-corrected chi connectivity index (χ4v) is 2.94. The number of anilines is 1. The summed E-state index contributed by atoms with van der Waals surface area (Å²) in [5, 5.41) is 3.48. The maximum Gasteiger partial charge on any atom is 0.213 e. The van der Waals surface area contributed by atoms with E-state index in [9.17, 15) is 0 Å². The molecule has 0 unspecified atom stereocenters. The van der Waals surface area contributed by atoms with Crippen LogP contribution in [0.5, 0.6) is 5.88 Å². The maximum atomic E-state index is 5.96. The number of nitrogens with zero attached hydrogens (tertiary/aromatic N) is 2. The molecule has 5 nitrogen and oxygen atoms in total. The second-order valence-corrected chi connectivity index (χ2v) is 6.12. The highest BCUT2D eigenvalue weighted by molar-refractivity contribution is 5.43. The van der Waals surface area contributed by atoms with Crippen LogP contribution in [0.2, 0.25) is 0 Å². The van der Waals surface area contributed by atoms with Gasteiger partial charge in [0, 0.05) is 25.8 Å². The zero-order chi connectivity index (χ0) is 14.7. The molecule has 2 fully saturated rings. The van der Waals surface area contributed by atoms with E-state index in [2.05, 4.69) is 29.2 Å². The molecule has 2 aliphatic rings. The van der Waals surface area contributed by atoms with Gasteiger partial charge in [-0.3, -0.25) is 0 Å². The van der Waals surface area contributed by atoms with E-state index in [1.807, 2.05) is 18.3 Å². The average Bonchev–Trinajstić information content (AvgIpc) is 2.89. The van der Waals surface area contributed by atoms with E-state index in [1.165, 1.54) is 0 Å². The van der Waals surface area contributed by atoms with Crippen LogP contribution in [-0.2, 0) is 4.74 Å². The summed E-state index contributed by atoms with van der Waals surface area (Å²) in [5.74, 6) is 0.728. The standard InChI is InChI=1S/C16H25N3O2/c1-12-15(7-10-20-12)18-13-3-4-16(17-11-13)21-14-5-8-19(2)9-6-14/h3-4,11-12,14-15,18H,5-10H2,1-2H3/t12-,15-/m0/s1. The van der Waals surface area contributed by atoms with Crippen molar-refractivity contribution in [3.8, 4) is 5.88 Å². The molecule has 0 saturated carbocycles. The van der Waals surface area contributed by atoms with Crippen LogP contribution in [0.15, 0.2) is 18.3 Å². The second-order valence-electron chi connectivity index (χ2n) is 6.12. The summed E-state index contributed by atoms with van der Waals surface area (Å²) in [6, 6.07) is 4.39. The van der Waals surface area contributed by atoms with Crippen LogP contribution in [0.4, 0.5) is 5.69 Å². The molecular weight excluding hydrogens is 266 g/mol. The minimum Gasteiger partial charge on any atom is -0.474 e. The zero-order valence-electron chi connectivity index (χ0n) is 12.9. The molecule has 0 bridgehead atoms.